The number of pyridine rings is 1. The molecule has 10 heteroatoms. The number of halogens is 2. The molecule has 0 aliphatic heterocycles. The number of rotatable bonds is 8. The van der Waals surface area contributed by atoms with Crippen molar-refractivity contribution in [2.75, 3.05) is 13.8 Å². The molecule has 0 unspecified atom stereocenters. The molecule has 4 rings (SSSR count). The first-order valence-electron chi connectivity index (χ1n) is 10.3. The smallest absolute Gasteiger partial charge is 0.176 e. The van der Waals surface area contributed by atoms with Gasteiger partial charge in [-0.2, -0.15) is 0 Å². The second kappa shape index (κ2) is 10.8. The molecule has 0 saturated carbocycles. The maximum atomic E-state index is 13.6. The van der Waals surface area contributed by atoms with E-state index >= 15 is 0 Å². The lowest BCUT2D eigenvalue weighted by atomic mass is 10.1. The van der Waals surface area contributed by atoms with E-state index in [1.165, 1.54) is 19.2 Å². The van der Waals surface area contributed by atoms with E-state index in [2.05, 4.69) is 25.7 Å². The van der Waals surface area contributed by atoms with Gasteiger partial charge in [-0.15, -0.1) is 5.11 Å². The summed E-state index contributed by atoms with van der Waals surface area (Å²) in [6.07, 6.45) is 3.28. The Morgan fingerprint density at radius 3 is 2.71 bits per heavy atom. The zero-order valence-corrected chi connectivity index (χ0v) is 19.0. The Kier molecular flexibility index (Phi) is 7.36. The summed E-state index contributed by atoms with van der Waals surface area (Å²) in [6.45, 7) is 0.649. The van der Waals surface area contributed by atoms with E-state index in [-0.39, 0.29) is 18.4 Å². The third-order valence-corrected chi connectivity index (χ3v) is 5.33. The molecule has 0 saturated heterocycles. The lowest BCUT2D eigenvalue weighted by molar-refractivity contribution is 0.175. The van der Waals surface area contributed by atoms with Gasteiger partial charge >= 0.3 is 0 Å². The Bertz CT molecular complexity index is 1320. The first-order valence-corrected chi connectivity index (χ1v) is 10.7. The molecule has 2 N–H and O–H groups in total. The first-order chi connectivity index (χ1) is 16.6. The fourth-order valence-electron chi connectivity index (χ4n) is 3.35. The lowest BCUT2D eigenvalue weighted by Crippen LogP contribution is -2.08. The number of imidazole rings is 1. The SMILES string of the molecule is COCN/N=N\C(=N)c1ccnc(-c2ncn(Cc3ccccc3Cl)c2-c2ccc(F)cc2)c1. The predicted octanol–water partition coefficient (Wildman–Crippen LogP) is 5.34. The summed E-state index contributed by atoms with van der Waals surface area (Å²) in [5, 5.41) is 16.4. The van der Waals surface area contributed by atoms with Crippen LogP contribution in [0.1, 0.15) is 11.1 Å². The Morgan fingerprint density at radius 1 is 1.15 bits per heavy atom. The predicted molar refractivity (Wildman–Crippen MR) is 128 cm³/mol. The molecule has 0 aliphatic carbocycles. The van der Waals surface area contributed by atoms with Crippen molar-refractivity contribution in [3.8, 4) is 22.6 Å². The largest absolute Gasteiger partial charge is 0.363 e. The third-order valence-electron chi connectivity index (χ3n) is 4.96. The molecule has 2 heterocycles. The number of benzene rings is 2. The highest BCUT2D eigenvalue weighted by Gasteiger charge is 2.18. The fourth-order valence-corrected chi connectivity index (χ4v) is 3.55. The summed E-state index contributed by atoms with van der Waals surface area (Å²) in [6, 6.07) is 17.1. The Hall–Kier alpha value is -3.95. The normalized spacial score (nSPS) is 11.1. The van der Waals surface area contributed by atoms with Gasteiger partial charge in [0, 0.05) is 29.5 Å². The van der Waals surface area contributed by atoms with Crippen LogP contribution in [0.5, 0.6) is 0 Å². The van der Waals surface area contributed by atoms with Gasteiger partial charge < -0.3 is 9.30 Å². The number of hydrogen-bond acceptors (Lipinski definition) is 5. The van der Waals surface area contributed by atoms with E-state index in [1.54, 1.807) is 36.8 Å². The summed E-state index contributed by atoms with van der Waals surface area (Å²) in [5.74, 6) is -0.380. The van der Waals surface area contributed by atoms with Crippen molar-refractivity contribution in [3.63, 3.8) is 0 Å². The van der Waals surface area contributed by atoms with Crippen molar-refractivity contribution in [2.45, 2.75) is 6.54 Å². The van der Waals surface area contributed by atoms with Crippen LogP contribution in [0, 0.1) is 11.2 Å². The van der Waals surface area contributed by atoms with E-state index < -0.39 is 0 Å². The minimum Gasteiger partial charge on any atom is -0.363 e. The highest BCUT2D eigenvalue weighted by Crippen LogP contribution is 2.32. The number of ether oxygens (including phenoxy) is 1. The summed E-state index contributed by atoms with van der Waals surface area (Å²) in [4.78, 5) is 9.07. The maximum absolute atomic E-state index is 13.6. The van der Waals surface area contributed by atoms with Crippen molar-refractivity contribution in [1.82, 2.24) is 20.0 Å². The lowest BCUT2D eigenvalue weighted by Gasteiger charge is -2.12. The van der Waals surface area contributed by atoms with Gasteiger partial charge in [0.1, 0.15) is 18.2 Å². The molecule has 0 amide bonds. The van der Waals surface area contributed by atoms with E-state index in [9.17, 15) is 4.39 Å². The quantitative estimate of drug-likeness (QED) is 0.0893. The number of nitrogens with zero attached hydrogens (tertiary/aromatic N) is 5. The zero-order chi connectivity index (χ0) is 23.9. The van der Waals surface area contributed by atoms with E-state index in [0.29, 0.717) is 28.5 Å². The van der Waals surface area contributed by atoms with Crippen molar-refractivity contribution >= 4 is 17.4 Å². The van der Waals surface area contributed by atoms with E-state index in [0.717, 1.165) is 16.8 Å². The Morgan fingerprint density at radius 2 is 1.94 bits per heavy atom. The molecule has 0 spiro atoms. The zero-order valence-electron chi connectivity index (χ0n) is 18.2. The summed E-state index contributed by atoms with van der Waals surface area (Å²) >= 11 is 6.38. The van der Waals surface area contributed by atoms with Crippen molar-refractivity contribution in [1.29, 1.82) is 5.41 Å². The Labute approximate surface area is 200 Å². The van der Waals surface area contributed by atoms with Gasteiger partial charge in [0.2, 0.25) is 0 Å². The van der Waals surface area contributed by atoms with Gasteiger partial charge in [-0.1, -0.05) is 35.0 Å². The van der Waals surface area contributed by atoms with Crippen LogP contribution < -0.4 is 5.43 Å². The minimum atomic E-state index is -0.330. The summed E-state index contributed by atoms with van der Waals surface area (Å²) in [7, 11) is 1.52. The number of amidine groups is 1. The number of hydrogen-bond donors (Lipinski definition) is 2. The molecule has 34 heavy (non-hydrogen) atoms. The monoisotopic (exact) mass is 477 g/mol. The topological polar surface area (TPSA) is 101 Å². The van der Waals surface area contributed by atoms with Crippen LogP contribution in [-0.4, -0.2) is 34.2 Å². The van der Waals surface area contributed by atoms with Crippen LogP contribution in [-0.2, 0) is 11.3 Å². The Balaban J connectivity index is 1.74. The van der Waals surface area contributed by atoms with Gasteiger partial charge in [-0.05, 0) is 48.0 Å². The highest BCUT2D eigenvalue weighted by atomic mass is 35.5. The van der Waals surface area contributed by atoms with Crippen LogP contribution in [0.2, 0.25) is 5.02 Å². The third kappa shape index (κ3) is 5.33. The molecule has 2 aromatic carbocycles. The number of aromatic nitrogens is 3. The van der Waals surface area contributed by atoms with Gasteiger partial charge in [0.05, 0.1) is 24.3 Å². The highest BCUT2D eigenvalue weighted by molar-refractivity contribution is 6.31. The second-order valence-electron chi connectivity index (χ2n) is 7.24. The molecule has 0 radical (unpaired) electrons. The van der Waals surface area contributed by atoms with Crippen LogP contribution in [0.25, 0.3) is 22.6 Å². The van der Waals surface area contributed by atoms with Gasteiger partial charge in [0.25, 0.3) is 0 Å². The molecule has 0 aliphatic rings. The minimum absolute atomic E-state index is 0.0499. The van der Waals surface area contributed by atoms with Crippen LogP contribution in [0.4, 0.5) is 4.39 Å². The molecule has 0 atom stereocenters. The number of methoxy groups -OCH3 is 1. The second-order valence-corrected chi connectivity index (χ2v) is 7.64. The van der Waals surface area contributed by atoms with Gasteiger partial charge in [-0.25, -0.2) is 9.37 Å². The molecule has 0 fully saturated rings. The molecule has 0 bridgehead atoms. The average Bonchev–Trinajstić information content (AvgIpc) is 3.27. The molecular formula is C24H21ClFN7O. The summed E-state index contributed by atoms with van der Waals surface area (Å²) < 4.78 is 20.4. The molecule has 2 aromatic heterocycles. The first kappa shape index (κ1) is 23.2. The molecule has 172 valence electrons. The molecule has 8 nitrogen and oxygen atoms in total. The average molecular weight is 478 g/mol. The molecular weight excluding hydrogens is 457 g/mol. The van der Waals surface area contributed by atoms with Gasteiger partial charge in [0.15, 0.2) is 5.84 Å². The van der Waals surface area contributed by atoms with Crippen molar-refractivity contribution in [3.05, 3.63) is 95.2 Å². The standard InChI is InChI=1S/C24H21ClFN7O/c1-34-15-30-32-31-24(27)17-10-11-28-21(12-17)22-23(16-6-8-19(26)9-7-16)33(14-29-22)13-18-4-2-3-5-20(18)25/h2-12,14H,13,15H2,1H3,(H2,27,30,31). The fraction of sp³-hybridized carbons (Fsp3) is 0.125. The maximum Gasteiger partial charge on any atom is 0.176 e. The van der Waals surface area contributed by atoms with Gasteiger partial charge in [-0.3, -0.25) is 15.8 Å². The number of nitrogens with one attached hydrogen (secondary N) is 2. The van der Waals surface area contributed by atoms with Crippen LogP contribution >= 0.6 is 11.6 Å². The van der Waals surface area contributed by atoms with Crippen LogP contribution in [0.15, 0.2) is 83.5 Å². The van der Waals surface area contributed by atoms with E-state index in [4.69, 9.17) is 21.7 Å². The van der Waals surface area contributed by atoms with Crippen molar-refractivity contribution < 1.29 is 9.13 Å². The summed E-state index contributed by atoms with van der Waals surface area (Å²) in [5.41, 5.74) is 6.65. The van der Waals surface area contributed by atoms with E-state index in [1.807, 2.05) is 28.8 Å². The van der Waals surface area contributed by atoms with Crippen LogP contribution in [0.3, 0.4) is 0 Å². The molecule has 4 aromatic rings. The van der Waals surface area contributed by atoms with Crippen molar-refractivity contribution in [2.24, 2.45) is 10.3 Å².